The fourth-order valence-corrected chi connectivity index (χ4v) is 14.7. The second-order valence-electron chi connectivity index (χ2n) is 21.5. The van der Waals surface area contributed by atoms with Crippen LogP contribution in [-0.4, -0.2) is 176 Å². The molecule has 27 atom stereocenters. The maximum Gasteiger partial charge on any atom is 0.187 e. The molecule has 1 spiro atoms. The predicted octanol–water partition coefficient (Wildman–Crippen LogP) is 0.294. The van der Waals surface area contributed by atoms with Gasteiger partial charge in [-0.25, -0.2) is 0 Å². The van der Waals surface area contributed by atoms with E-state index in [1.807, 2.05) is 0 Å². The second-order valence-corrected chi connectivity index (χ2v) is 21.5. The first-order chi connectivity index (χ1) is 29.4. The molecule has 356 valence electrons. The number of hydrogen-bond donors (Lipinski definition) is 9. The molecule has 0 bridgehead atoms. The second kappa shape index (κ2) is 17.4. The van der Waals surface area contributed by atoms with Gasteiger partial charge in [-0.2, -0.15) is 0 Å². The van der Waals surface area contributed by atoms with Gasteiger partial charge in [-0.1, -0.05) is 27.7 Å². The molecular weight excluding hydrogens is 812 g/mol. The predicted molar refractivity (Wildman–Crippen MR) is 214 cm³/mol. The molecule has 0 aromatic heterocycles. The Morgan fingerprint density at radius 2 is 1.21 bits per heavy atom. The Morgan fingerprint density at radius 3 is 1.89 bits per heavy atom. The maximum absolute atomic E-state index is 11.4. The Morgan fingerprint density at radius 1 is 0.581 bits per heavy atom. The van der Waals surface area contributed by atoms with Crippen molar-refractivity contribution in [1.82, 2.24) is 0 Å². The highest BCUT2D eigenvalue weighted by molar-refractivity contribution is 5.15. The van der Waals surface area contributed by atoms with Gasteiger partial charge in [-0.05, 0) is 111 Å². The summed E-state index contributed by atoms with van der Waals surface area (Å²) >= 11 is 0. The van der Waals surface area contributed by atoms with E-state index in [1.54, 1.807) is 6.92 Å². The van der Waals surface area contributed by atoms with E-state index in [1.165, 1.54) is 25.7 Å². The highest BCUT2D eigenvalue weighted by Gasteiger charge is 2.69. The van der Waals surface area contributed by atoms with Crippen LogP contribution in [-0.2, 0) is 37.9 Å². The molecule has 9 N–H and O–H groups in total. The summed E-state index contributed by atoms with van der Waals surface area (Å²) in [5, 5.41) is 95.4. The Labute approximate surface area is 364 Å². The summed E-state index contributed by atoms with van der Waals surface area (Å²) in [5.41, 5.74) is 0.445. The molecule has 5 aliphatic heterocycles. The minimum absolute atomic E-state index is 0.172. The fraction of sp³-hybridized carbons (Fsp3) is 1.00. The van der Waals surface area contributed by atoms with Gasteiger partial charge in [0, 0.05) is 12.3 Å². The topological polar surface area (TPSA) is 256 Å². The third-order valence-corrected chi connectivity index (χ3v) is 18.2. The largest absolute Gasteiger partial charge is 0.394 e. The zero-order valence-electron chi connectivity index (χ0n) is 36.8. The van der Waals surface area contributed by atoms with Gasteiger partial charge in [0.25, 0.3) is 0 Å². The van der Waals surface area contributed by atoms with Crippen LogP contribution < -0.4 is 0 Å². The van der Waals surface area contributed by atoms with Gasteiger partial charge in [0.2, 0.25) is 0 Å². The van der Waals surface area contributed by atoms with Crippen molar-refractivity contribution in [3.8, 4) is 0 Å². The average Bonchev–Trinajstić information content (AvgIpc) is 3.70. The van der Waals surface area contributed by atoms with Crippen molar-refractivity contribution in [2.45, 2.75) is 209 Å². The van der Waals surface area contributed by atoms with Crippen molar-refractivity contribution >= 4 is 0 Å². The summed E-state index contributed by atoms with van der Waals surface area (Å²) in [6.45, 7) is 10.7. The van der Waals surface area contributed by atoms with Crippen LogP contribution in [0.15, 0.2) is 0 Å². The first kappa shape index (κ1) is 46.4. The molecule has 17 nitrogen and oxygen atoms in total. The molecule has 5 saturated heterocycles. The molecule has 4 aliphatic carbocycles. The SMILES string of the molecule is CC1CCC2(OC1)OC1CC3C4CCC5CC(O[C@@H]6O[C@H](C)[C@H](O[C@@H]7O[C@H](CO)[C@@H](O[C@@H]8O[C@H](CO)[C@@H](O)[C@@H](O)[C@H]8O)[C@@H](O)[C@H]7O)[C@@H](O)[C@H]6O)CCC5(C)C4CCC3(C)C1C2C. The third kappa shape index (κ3) is 7.56. The monoisotopic (exact) mass is 886 g/mol. The van der Waals surface area contributed by atoms with E-state index < -0.39 is 111 Å². The van der Waals surface area contributed by atoms with E-state index in [2.05, 4.69) is 27.7 Å². The van der Waals surface area contributed by atoms with Crippen molar-refractivity contribution in [2.75, 3.05) is 19.8 Å². The number of fused-ring (bicyclic) bond motifs is 7. The lowest BCUT2D eigenvalue weighted by Crippen LogP contribution is -2.66. The van der Waals surface area contributed by atoms with Crippen LogP contribution in [0.3, 0.4) is 0 Å². The highest BCUT2D eigenvalue weighted by Crippen LogP contribution is 2.71. The summed E-state index contributed by atoms with van der Waals surface area (Å²) in [5.74, 6) is 3.55. The van der Waals surface area contributed by atoms with E-state index >= 15 is 0 Å². The van der Waals surface area contributed by atoms with Crippen LogP contribution in [0.25, 0.3) is 0 Å². The summed E-state index contributed by atoms with van der Waals surface area (Å²) in [6.07, 6.45) is -11.7. The summed E-state index contributed by atoms with van der Waals surface area (Å²) in [4.78, 5) is 0. The zero-order valence-corrected chi connectivity index (χ0v) is 36.8. The first-order valence-corrected chi connectivity index (χ1v) is 23.7. The molecule has 0 amide bonds. The summed E-state index contributed by atoms with van der Waals surface area (Å²) in [6, 6.07) is 0. The van der Waals surface area contributed by atoms with Gasteiger partial charge >= 0.3 is 0 Å². The van der Waals surface area contributed by atoms with E-state index in [-0.39, 0.29) is 23.0 Å². The Balaban J connectivity index is 0.788. The molecule has 9 rings (SSSR count). The molecule has 17 heteroatoms. The van der Waals surface area contributed by atoms with Crippen molar-refractivity contribution in [2.24, 2.45) is 52.3 Å². The lowest BCUT2D eigenvalue weighted by molar-refractivity contribution is -0.379. The number of rotatable bonds is 8. The van der Waals surface area contributed by atoms with Gasteiger partial charge in [-0.3, -0.25) is 0 Å². The quantitative estimate of drug-likeness (QED) is 0.149. The van der Waals surface area contributed by atoms with Crippen LogP contribution in [0.2, 0.25) is 0 Å². The highest BCUT2D eigenvalue weighted by atomic mass is 16.8. The van der Waals surface area contributed by atoms with Crippen LogP contribution in [0.4, 0.5) is 0 Å². The maximum atomic E-state index is 11.4. The first-order valence-electron chi connectivity index (χ1n) is 23.7. The lowest BCUT2D eigenvalue weighted by atomic mass is 9.44. The summed E-state index contributed by atoms with van der Waals surface area (Å²) in [7, 11) is 0. The molecule has 5 heterocycles. The van der Waals surface area contributed by atoms with E-state index in [0.29, 0.717) is 41.4 Å². The molecule has 62 heavy (non-hydrogen) atoms. The van der Waals surface area contributed by atoms with Crippen molar-refractivity contribution < 1.29 is 83.9 Å². The molecule has 9 fully saturated rings. The fourth-order valence-electron chi connectivity index (χ4n) is 14.7. The standard InChI is InChI=1S/C45H74O17/c1-19-8-13-45(55-18-19)20(2)30-27(62-45)15-26-24-7-6-22-14-23(9-11-43(22,4)25(24)10-12-44(26,30)5)57-40-36(53)33(50)38(21(3)56-40)60-42-37(54)34(51)39(29(17-47)59-42)61-41-35(52)32(49)31(48)28(16-46)58-41/h19-42,46-54H,6-18H2,1-5H3/t19?,20?,21-,22?,23?,24?,25?,26?,27?,28-,29-,30?,31-,32-,33+,34+,35-,36-,37-,38+,39-,40+,41+,42+,43?,44?,45?/m1/s1. The van der Waals surface area contributed by atoms with Crippen molar-refractivity contribution in [3.63, 3.8) is 0 Å². The van der Waals surface area contributed by atoms with Crippen molar-refractivity contribution in [1.29, 1.82) is 0 Å². The van der Waals surface area contributed by atoms with Crippen LogP contribution >= 0.6 is 0 Å². The van der Waals surface area contributed by atoms with Crippen LogP contribution in [0, 0.1) is 52.3 Å². The zero-order chi connectivity index (χ0) is 44.2. The molecule has 9 aliphatic rings. The third-order valence-electron chi connectivity index (χ3n) is 18.2. The molecule has 0 aromatic rings. The van der Waals surface area contributed by atoms with E-state index in [0.717, 1.165) is 45.1 Å². The number of aliphatic hydroxyl groups is 9. The van der Waals surface area contributed by atoms with Gasteiger partial charge < -0.3 is 83.9 Å². The van der Waals surface area contributed by atoms with E-state index in [4.69, 9.17) is 37.9 Å². The van der Waals surface area contributed by atoms with Gasteiger partial charge in [0.15, 0.2) is 24.7 Å². The van der Waals surface area contributed by atoms with Crippen LogP contribution in [0.1, 0.15) is 98.8 Å². The lowest BCUT2D eigenvalue weighted by Gasteiger charge is -2.61. The molecule has 12 unspecified atom stereocenters. The number of hydrogen-bond acceptors (Lipinski definition) is 17. The Bertz CT molecular complexity index is 1550. The molecule has 0 radical (unpaired) electrons. The summed E-state index contributed by atoms with van der Waals surface area (Å²) < 4.78 is 48.9. The Hall–Kier alpha value is -0.680. The minimum Gasteiger partial charge on any atom is -0.394 e. The molecular formula is C45H74O17. The van der Waals surface area contributed by atoms with Crippen LogP contribution in [0.5, 0.6) is 0 Å². The number of ether oxygens (including phenoxy) is 8. The van der Waals surface area contributed by atoms with Gasteiger partial charge in [0.05, 0.1) is 38.1 Å². The van der Waals surface area contributed by atoms with Gasteiger partial charge in [-0.15, -0.1) is 0 Å². The number of aliphatic hydroxyl groups excluding tert-OH is 9. The minimum atomic E-state index is -1.82. The van der Waals surface area contributed by atoms with E-state index in [9.17, 15) is 46.0 Å². The molecule has 0 aromatic carbocycles. The average molecular weight is 887 g/mol. The van der Waals surface area contributed by atoms with Crippen molar-refractivity contribution in [3.05, 3.63) is 0 Å². The normalized spacial score (nSPS) is 58.9. The molecule has 4 saturated carbocycles. The Kier molecular flexibility index (Phi) is 13.1. The van der Waals surface area contributed by atoms with Gasteiger partial charge in [0.1, 0.15) is 67.1 Å². The smallest absolute Gasteiger partial charge is 0.187 e.